The molecule has 6 aromatic rings. The van der Waals surface area contributed by atoms with Crippen molar-refractivity contribution in [1.82, 2.24) is 40.1 Å². The van der Waals surface area contributed by atoms with Crippen LogP contribution in [0.5, 0.6) is 0 Å². The number of rotatable bonds is 3. The Morgan fingerprint density at radius 3 is 2.65 bits per heavy atom. The van der Waals surface area contributed by atoms with Gasteiger partial charge in [-0.05, 0) is 24.3 Å². The highest BCUT2D eigenvalue weighted by Gasteiger charge is 2.18. The molecular formula is C22H13FN8. The number of pyridine rings is 2. The van der Waals surface area contributed by atoms with E-state index in [9.17, 15) is 4.39 Å². The summed E-state index contributed by atoms with van der Waals surface area (Å²) >= 11 is 0. The van der Waals surface area contributed by atoms with Crippen molar-refractivity contribution in [3.63, 3.8) is 0 Å². The van der Waals surface area contributed by atoms with Gasteiger partial charge in [-0.3, -0.25) is 10.1 Å². The number of hydrogen-bond donors (Lipinski definition) is 2. The van der Waals surface area contributed by atoms with Gasteiger partial charge < -0.3 is 4.98 Å². The lowest BCUT2D eigenvalue weighted by Gasteiger charge is -2.03. The van der Waals surface area contributed by atoms with E-state index < -0.39 is 0 Å². The van der Waals surface area contributed by atoms with E-state index in [0.717, 1.165) is 22.2 Å². The molecule has 0 radical (unpaired) electrons. The van der Waals surface area contributed by atoms with Crippen LogP contribution in [0.3, 0.4) is 0 Å². The maximum absolute atomic E-state index is 14.7. The van der Waals surface area contributed by atoms with Crippen LogP contribution in [0.15, 0.2) is 67.5 Å². The monoisotopic (exact) mass is 408 g/mol. The number of nitrogens with zero attached hydrogens (tertiary/aromatic N) is 6. The van der Waals surface area contributed by atoms with Crippen LogP contribution < -0.4 is 0 Å². The molecule has 6 rings (SSSR count). The summed E-state index contributed by atoms with van der Waals surface area (Å²) in [7, 11) is 0. The first-order chi connectivity index (χ1) is 15.3. The zero-order valence-corrected chi connectivity index (χ0v) is 15.9. The summed E-state index contributed by atoms with van der Waals surface area (Å²) < 4.78 is 14.7. The summed E-state index contributed by atoms with van der Waals surface area (Å²) in [6.07, 6.45) is 7.98. The van der Waals surface area contributed by atoms with Crippen molar-refractivity contribution in [2.24, 2.45) is 0 Å². The normalized spacial score (nSPS) is 11.4. The van der Waals surface area contributed by atoms with Crippen LogP contribution in [-0.4, -0.2) is 40.1 Å². The fraction of sp³-hybridized carbons (Fsp3) is 0. The third kappa shape index (κ3) is 2.83. The summed E-state index contributed by atoms with van der Waals surface area (Å²) in [4.78, 5) is 24.7. The summed E-state index contributed by atoms with van der Waals surface area (Å²) in [6.45, 7) is 0. The Hall–Kier alpha value is -4.53. The quantitative estimate of drug-likeness (QED) is 0.455. The molecule has 8 nitrogen and oxygen atoms in total. The van der Waals surface area contributed by atoms with E-state index >= 15 is 0 Å². The maximum Gasteiger partial charge on any atom is 0.178 e. The van der Waals surface area contributed by atoms with Crippen LogP contribution in [0.4, 0.5) is 4.39 Å². The number of aromatic amines is 2. The van der Waals surface area contributed by atoms with Gasteiger partial charge in [0.25, 0.3) is 0 Å². The number of imidazole rings is 1. The molecule has 0 aliphatic heterocycles. The maximum atomic E-state index is 14.7. The smallest absolute Gasteiger partial charge is 0.178 e. The van der Waals surface area contributed by atoms with Crippen molar-refractivity contribution in [3.8, 4) is 33.9 Å². The minimum absolute atomic E-state index is 0.388. The van der Waals surface area contributed by atoms with Crippen LogP contribution in [0.2, 0.25) is 0 Å². The Morgan fingerprint density at radius 1 is 0.903 bits per heavy atom. The van der Waals surface area contributed by atoms with Crippen LogP contribution in [-0.2, 0) is 0 Å². The van der Waals surface area contributed by atoms with Gasteiger partial charge in [0.15, 0.2) is 11.5 Å². The van der Waals surface area contributed by atoms with Crippen molar-refractivity contribution >= 4 is 22.1 Å². The molecule has 31 heavy (non-hydrogen) atoms. The number of aromatic nitrogens is 8. The summed E-state index contributed by atoms with van der Waals surface area (Å²) in [5, 5.41) is 7.98. The molecule has 0 saturated heterocycles. The van der Waals surface area contributed by atoms with E-state index in [2.05, 4.69) is 40.1 Å². The van der Waals surface area contributed by atoms with Crippen molar-refractivity contribution in [3.05, 3.63) is 73.3 Å². The van der Waals surface area contributed by atoms with Gasteiger partial charge in [0.2, 0.25) is 0 Å². The van der Waals surface area contributed by atoms with Crippen LogP contribution >= 0.6 is 0 Å². The molecule has 0 aliphatic carbocycles. The van der Waals surface area contributed by atoms with E-state index in [0.29, 0.717) is 33.8 Å². The lowest BCUT2D eigenvalue weighted by molar-refractivity contribution is 0.632. The highest BCUT2D eigenvalue weighted by Crippen LogP contribution is 2.33. The first-order valence-corrected chi connectivity index (χ1v) is 9.47. The number of fused-ring (bicyclic) bond motifs is 2. The number of halogens is 1. The standard InChI is InChI=1S/C22H13FN8/c23-16-8-18-15(7-14(16)12-9-24-11-25-10-12)20(31-30-18)22-28-19-13(4-6-27-21(19)29-22)17-3-1-2-5-26-17/h1-11H,(H,30,31)(H,27,28,29). The molecule has 5 aromatic heterocycles. The molecule has 1 aromatic carbocycles. The fourth-order valence-electron chi connectivity index (χ4n) is 3.64. The van der Waals surface area contributed by atoms with E-state index in [1.807, 2.05) is 24.3 Å². The van der Waals surface area contributed by atoms with Gasteiger partial charge >= 0.3 is 0 Å². The molecule has 9 heteroatoms. The summed E-state index contributed by atoms with van der Waals surface area (Å²) in [5.74, 6) is 0.139. The number of H-pyrrole nitrogens is 2. The fourth-order valence-corrected chi connectivity index (χ4v) is 3.64. The molecule has 0 amide bonds. The average molecular weight is 408 g/mol. The molecule has 0 atom stereocenters. The van der Waals surface area contributed by atoms with Gasteiger partial charge in [-0.2, -0.15) is 5.10 Å². The third-order valence-corrected chi connectivity index (χ3v) is 5.08. The Bertz CT molecular complexity index is 1540. The highest BCUT2D eigenvalue weighted by atomic mass is 19.1. The SMILES string of the molecule is Fc1cc2[nH]nc(-c3nc4nccc(-c5ccccn5)c4[nH]3)c2cc1-c1cncnc1. The van der Waals surface area contributed by atoms with Crippen molar-refractivity contribution in [2.75, 3.05) is 0 Å². The van der Waals surface area contributed by atoms with Crippen molar-refractivity contribution < 1.29 is 4.39 Å². The van der Waals surface area contributed by atoms with E-state index in [-0.39, 0.29) is 5.82 Å². The van der Waals surface area contributed by atoms with E-state index in [1.165, 1.54) is 12.4 Å². The van der Waals surface area contributed by atoms with Gasteiger partial charge in [0.1, 0.15) is 17.8 Å². The van der Waals surface area contributed by atoms with E-state index in [1.54, 1.807) is 30.9 Å². The number of hydrogen-bond acceptors (Lipinski definition) is 6. The molecule has 2 N–H and O–H groups in total. The zero-order chi connectivity index (χ0) is 20.8. The summed E-state index contributed by atoms with van der Waals surface area (Å²) in [5.41, 5.74) is 5.10. The van der Waals surface area contributed by atoms with Crippen molar-refractivity contribution in [1.29, 1.82) is 0 Å². The predicted octanol–water partition coefficient (Wildman–Crippen LogP) is 4.16. The minimum atomic E-state index is -0.388. The highest BCUT2D eigenvalue weighted by molar-refractivity contribution is 5.97. The van der Waals surface area contributed by atoms with E-state index in [4.69, 9.17) is 0 Å². The predicted molar refractivity (Wildman–Crippen MR) is 113 cm³/mol. The second kappa shape index (κ2) is 6.77. The second-order valence-corrected chi connectivity index (χ2v) is 6.93. The summed E-state index contributed by atoms with van der Waals surface area (Å²) in [6, 6.07) is 10.7. The number of benzene rings is 1. The largest absolute Gasteiger partial charge is 0.335 e. The molecule has 0 saturated carbocycles. The Labute approximate surface area is 174 Å². The van der Waals surface area contributed by atoms with Gasteiger partial charge in [0.05, 0.1) is 16.7 Å². The lowest BCUT2D eigenvalue weighted by atomic mass is 10.0. The molecule has 0 fully saturated rings. The molecular weight excluding hydrogens is 395 g/mol. The lowest BCUT2D eigenvalue weighted by Crippen LogP contribution is -1.88. The topological polar surface area (TPSA) is 109 Å². The Kier molecular flexibility index (Phi) is 3.79. The first-order valence-electron chi connectivity index (χ1n) is 9.47. The van der Waals surface area contributed by atoms with Crippen LogP contribution in [0.1, 0.15) is 0 Å². The molecule has 0 unspecified atom stereocenters. The molecule has 0 spiro atoms. The van der Waals surface area contributed by atoms with Crippen molar-refractivity contribution in [2.45, 2.75) is 0 Å². The molecule has 148 valence electrons. The van der Waals surface area contributed by atoms with Gasteiger partial charge in [-0.15, -0.1) is 0 Å². The first kappa shape index (κ1) is 17.3. The van der Waals surface area contributed by atoms with Gasteiger partial charge in [-0.25, -0.2) is 24.3 Å². The minimum Gasteiger partial charge on any atom is -0.335 e. The van der Waals surface area contributed by atoms with Gasteiger partial charge in [-0.1, -0.05) is 6.07 Å². The molecule has 5 heterocycles. The zero-order valence-electron chi connectivity index (χ0n) is 15.9. The molecule has 0 aliphatic rings. The van der Waals surface area contributed by atoms with Crippen LogP contribution in [0.25, 0.3) is 56.0 Å². The number of nitrogens with one attached hydrogen (secondary N) is 2. The average Bonchev–Trinajstić information content (AvgIpc) is 3.43. The Balaban J connectivity index is 1.54. The molecule has 0 bridgehead atoms. The Morgan fingerprint density at radius 2 is 1.81 bits per heavy atom. The van der Waals surface area contributed by atoms with Gasteiger partial charge in [0, 0.05) is 52.9 Å². The van der Waals surface area contributed by atoms with Crippen LogP contribution in [0, 0.1) is 5.82 Å². The third-order valence-electron chi connectivity index (χ3n) is 5.08. The second-order valence-electron chi connectivity index (χ2n) is 6.93.